The number of nitrogens with one attached hydrogen (secondary N) is 1. The number of thiazole rings is 1. The lowest BCUT2D eigenvalue weighted by Gasteiger charge is -2.19. The van der Waals surface area contributed by atoms with Crippen LogP contribution >= 0.6 is 34.7 Å². The summed E-state index contributed by atoms with van der Waals surface area (Å²) in [5.41, 5.74) is 0.890. The summed E-state index contributed by atoms with van der Waals surface area (Å²) in [6, 6.07) is 7.67. The second-order valence-electron chi connectivity index (χ2n) is 6.57. The van der Waals surface area contributed by atoms with Gasteiger partial charge in [-0.15, -0.1) is 21.5 Å². The zero-order valence-electron chi connectivity index (χ0n) is 17.1. The highest BCUT2D eigenvalue weighted by molar-refractivity contribution is 7.98. The van der Waals surface area contributed by atoms with E-state index in [0.717, 1.165) is 29.5 Å². The molecule has 0 radical (unpaired) electrons. The van der Waals surface area contributed by atoms with Crippen LogP contribution in [0.1, 0.15) is 51.2 Å². The molecule has 0 aliphatic carbocycles. The van der Waals surface area contributed by atoms with Crippen molar-refractivity contribution in [2.24, 2.45) is 0 Å². The number of hydrogen-bond acceptors (Lipinski definition) is 7. The largest absolute Gasteiger partial charge is 0.484 e. The number of rotatable bonds is 10. The van der Waals surface area contributed by atoms with Crippen LogP contribution < -0.4 is 10.1 Å². The molecule has 0 unspecified atom stereocenters. The van der Waals surface area contributed by atoms with Crippen LogP contribution in [-0.2, 0) is 17.2 Å². The van der Waals surface area contributed by atoms with Crippen molar-refractivity contribution in [3.8, 4) is 5.75 Å². The maximum atomic E-state index is 11.2. The number of carbonyl (C=O) groups excluding carboxylic acids is 1. The Bertz CT molecular complexity index is 987. The van der Waals surface area contributed by atoms with Crippen LogP contribution in [0.2, 0.25) is 5.02 Å². The van der Waals surface area contributed by atoms with Gasteiger partial charge in [0.2, 0.25) is 5.91 Å². The first-order chi connectivity index (χ1) is 14.5. The third-order valence-corrected chi connectivity index (χ3v) is 6.52. The molecule has 0 fully saturated rings. The normalized spacial score (nSPS) is 11.1. The molecule has 2 aromatic heterocycles. The minimum Gasteiger partial charge on any atom is -0.484 e. The molecule has 160 valence electrons. The summed E-state index contributed by atoms with van der Waals surface area (Å²) >= 11 is 9.19. The topological polar surface area (TPSA) is 81.9 Å². The van der Waals surface area contributed by atoms with Crippen molar-refractivity contribution in [2.45, 2.75) is 57.2 Å². The minimum atomic E-state index is -0.125. The molecule has 7 nitrogen and oxygen atoms in total. The number of anilines is 1. The van der Waals surface area contributed by atoms with Crippen LogP contribution in [0.15, 0.2) is 34.8 Å². The van der Waals surface area contributed by atoms with E-state index in [-0.39, 0.29) is 18.6 Å². The van der Waals surface area contributed by atoms with E-state index in [1.807, 2.05) is 23.6 Å². The van der Waals surface area contributed by atoms with Gasteiger partial charge in [-0.3, -0.25) is 4.79 Å². The zero-order valence-corrected chi connectivity index (χ0v) is 19.5. The lowest BCUT2D eigenvalue weighted by atomic mass is 10.2. The fraction of sp³-hybridized carbons (Fsp3) is 0.400. The van der Waals surface area contributed by atoms with Gasteiger partial charge in [-0.1, -0.05) is 49.3 Å². The highest BCUT2D eigenvalue weighted by atomic mass is 35.5. The van der Waals surface area contributed by atoms with E-state index in [2.05, 4.69) is 38.9 Å². The minimum absolute atomic E-state index is 0.125. The van der Waals surface area contributed by atoms with E-state index in [1.165, 1.54) is 18.3 Å². The highest BCUT2D eigenvalue weighted by Gasteiger charge is 2.20. The van der Waals surface area contributed by atoms with E-state index in [9.17, 15) is 4.79 Å². The predicted molar refractivity (Wildman–Crippen MR) is 121 cm³/mol. The number of benzene rings is 1. The Kier molecular flexibility index (Phi) is 8.12. The number of halogens is 1. The van der Waals surface area contributed by atoms with Crippen LogP contribution in [0.3, 0.4) is 0 Å². The van der Waals surface area contributed by atoms with Crippen LogP contribution in [0.5, 0.6) is 5.75 Å². The van der Waals surface area contributed by atoms with Gasteiger partial charge >= 0.3 is 0 Å². The lowest BCUT2D eigenvalue weighted by Crippen LogP contribution is -2.14. The number of hydrogen-bond donors (Lipinski definition) is 1. The summed E-state index contributed by atoms with van der Waals surface area (Å²) in [7, 11) is 0. The Balaban J connectivity index is 1.74. The Morgan fingerprint density at radius 1 is 1.30 bits per heavy atom. The number of ether oxygens (including phenoxy) is 1. The van der Waals surface area contributed by atoms with Gasteiger partial charge in [-0.05, 0) is 25.0 Å². The molecule has 0 spiro atoms. The monoisotopic (exact) mass is 465 g/mol. The predicted octanol–water partition coefficient (Wildman–Crippen LogP) is 5.58. The second kappa shape index (κ2) is 10.8. The van der Waals surface area contributed by atoms with Crippen LogP contribution in [-0.4, -0.2) is 25.7 Å². The zero-order chi connectivity index (χ0) is 21.5. The van der Waals surface area contributed by atoms with Gasteiger partial charge < -0.3 is 14.6 Å². The highest BCUT2D eigenvalue weighted by Crippen LogP contribution is 2.30. The number of aromatic nitrogens is 4. The van der Waals surface area contributed by atoms with Crippen molar-refractivity contribution in [1.29, 1.82) is 0 Å². The van der Waals surface area contributed by atoms with Crippen molar-refractivity contribution in [3.63, 3.8) is 0 Å². The Morgan fingerprint density at radius 3 is 2.77 bits per heavy atom. The first-order valence-corrected chi connectivity index (χ1v) is 11.9. The molecule has 1 amide bonds. The van der Waals surface area contributed by atoms with E-state index in [0.29, 0.717) is 21.7 Å². The van der Waals surface area contributed by atoms with Gasteiger partial charge in [0.25, 0.3) is 0 Å². The van der Waals surface area contributed by atoms with Gasteiger partial charge in [-0.2, -0.15) is 0 Å². The van der Waals surface area contributed by atoms with E-state index >= 15 is 0 Å². The number of carbonyl (C=O) groups is 1. The van der Waals surface area contributed by atoms with Gasteiger partial charge in [0.1, 0.15) is 12.4 Å². The summed E-state index contributed by atoms with van der Waals surface area (Å²) in [6.07, 6.45) is 1.93. The molecule has 0 saturated carbocycles. The molecular formula is C20H24ClN5O2S2. The molecule has 0 saturated heterocycles. The standard InChI is InChI=1S/C20H24ClN5O2S2/c1-4-15(5-2)26-18(10-28-17-9-7-6-8-16(17)21)24-25-20(26)30-12-14-11-29-19(23-14)22-13(3)27/h6-9,11,15H,4-5,10,12H2,1-3H3,(H,22,23,27). The van der Waals surface area contributed by atoms with E-state index in [1.54, 1.807) is 17.8 Å². The van der Waals surface area contributed by atoms with Crippen LogP contribution in [0, 0.1) is 0 Å². The fourth-order valence-corrected chi connectivity index (χ4v) is 4.92. The molecule has 10 heteroatoms. The Labute approximate surface area is 189 Å². The number of nitrogens with zero attached hydrogens (tertiary/aromatic N) is 4. The first kappa shape index (κ1) is 22.6. The van der Waals surface area contributed by atoms with E-state index < -0.39 is 0 Å². The van der Waals surface area contributed by atoms with Gasteiger partial charge in [0, 0.05) is 24.1 Å². The quantitative estimate of drug-likeness (QED) is 0.393. The first-order valence-electron chi connectivity index (χ1n) is 9.67. The molecule has 0 aliphatic heterocycles. The summed E-state index contributed by atoms with van der Waals surface area (Å²) in [5, 5.41) is 15.4. The molecule has 0 atom stereocenters. The third kappa shape index (κ3) is 5.74. The summed E-state index contributed by atoms with van der Waals surface area (Å²) < 4.78 is 8.06. The average molecular weight is 466 g/mol. The summed E-state index contributed by atoms with van der Waals surface area (Å²) in [4.78, 5) is 15.6. The molecule has 1 aromatic carbocycles. The van der Waals surface area contributed by atoms with Crippen molar-refractivity contribution >= 4 is 45.7 Å². The van der Waals surface area contributed by atoms with Gasteiger partial charge in [0.05, 0.1) is 10.7 Å². The SMILES string of the molecule is CCC(CC)n1c(COc2ccccc2Cl)nnc1SCc1csc(NC(C)=O)n1. The molecule has 30 heavy (non-hydrogen) atoms. The molecular weight excluding hydrogens is 442 g/mol. The number of amides is 1. The van der Waals surface area contributed by atoms with Crippen molar-refractivity contribution < 1.29 is 9.53 Å². The Hall–Kier alpha value is -2.10. The maximum absolute atomic E-state index is 11.2. The lowest BCUT2D eigenvalue weighted by molar-refractivity contribution is -0.114. The smallest absolute Gasteiger partial charge is 0.223 e. The third-order valence-electron chi connectivity index (χ3n) is 4.42. The summed E-state index contributed by atoms with van der Waals surface area (Å²) in [6.45, 7) is 6.07. The second-order valence-corrected chi connectivity index (χ2v) is 8.78. The number of thioether (sulfide) groups is 1. The van der Waals surface area contributed by atoms with Crippen molar-refractivity contribution in [3.05, 3.63) is 46.2 Å². The molecule has 0 aliphatic rings. The van der Waals surface area contributed by atoms with Crippen LogP contribution in [0.25, 0.3) is 0 Å². The molecule has 1 N–H and O–H groups in total. The molecule has 3 aromatic rings. The van der Waals surface area contributed by atoms with Crippen molar-refractivity contribution in [1.82, 2.24) is 19.7 Å². The molecule has 2 heterocycles. The van der Waals surface area contributed by atoms with Crippen LogP contribution in [0.4, 0.5) is 5.13 Å². The van der Waals surface area contributed by atoms with Crippen molar-refractivity contribution in [2.75, 3.05) is 5.32 Å². The average Bonchev–Trinajstić information content (AvgIpc) is 3.33. The summed E-state index contributed by atoms with van der Waals surface area (Å²) in [5.74, 6) is 1.91. The molecule has 3 rings (SSSR count). The van der Waals surface area contributed by atoms with E-state index in [4.69, 9.17) is 16.3 Å². The van der Waals surface area contributed by atoms with Gasteiger partial charge in [0.15, 0.2) is 16.1 Å². The Morgan fingerprint density at radius 2 is 2.07 bits per heavy atom. The fourth-order valence-electron chi connectivity index (χ4n) is 2.95. The maximum Gasteiger partial charge on any atom is 0.223 e. The molecule has 0 bridgehead atoms. The van der Waals surface area contributed by atoms with Gasteiger partial charge in [-0.25, -0.2) is 4.98 Å². The number of para-hydroxylation sites is 1.